The van der Waals surface area contributed by atoms with E-state index in [1.807, 2.05) is 10.6 Å². The summed E-state index contributed by atoms with van der Waals surface area (Å²) >= 11 is 12.6. The number of hydrogen-bond donors (Lipinski definition) is 2. The molecule has 1 aliphatic heterocycles. The minimum Gasteiger partial charge on any atom is -0.424 e. The van der Waals surface area contributed by atoms with E-state index in [1.165, 1.54) is 0 Å². The van der Waals surface area contributed by atoms with Crippen LogP contribution in [0.1, 0.15) is 23.5 Å². The number of nitrogens with zero attached hydrogens (tertiary/aromatic N) is 4. The molecule has 158 valence electrons. The van der Waals surface area contributed by atoms with Crippen LogP contribution < -0.4 is 21.7 Å². The maximum absolute atomic E-state index is 13.4. The third-order valence-corrected chi connectivity index (χ3v) is 5.84. The zero-order chi connectivity index (χ0) is 22.1. The second-order valence-corrected chi connectivity index (χ2v) is 7.64. The summed E-state index contributed by atoms with van der Waals surface area (Å²) < 4.78 is 8.33. The van der Waals surface area contributed by atoms with Crippen LogP contribution in [0.3, 0.4) is 0 Å². The predicted molar refractivity (Wildman–Crippen MR) is 114 cm³/mol. The third kappa shape index (κ3) is 3.71. The lowest BCUT2D eigenvalue weighted by Gasteiger charge is -2.26. The van der Waals surface area contributed by atoms with E-state index in [2.05, 4.69) is 9.97 Å². The fraction of sp³-hybridized carbons (Fsp3) is 0.200. The normalized spacial score (nSPS) is 15.3. The molecule has 3 N–H and O–H groups in total. The molecule has 11 heteroatoms. The number of nitriles is 1. The number of aromatic amines is 1. The van der Waals surface area contributed by atoms with Gasteiger partial charge in [-0.2, -0.15) is 5.26 Å². The molecule has 0 saturated heterocycles. The van der Waals surface area contributed by atoms with E-state index in [0.29, 0.717) is 18.5 Å². The van der Waals surface area contributed by atoms with Gasteiger partial charge in [-0.25, -0.2) is 9.78 Å². The van der Waals surface area contributed by atoms with Gasteiger partial charge in [-0.3, -0.25) is 14.3 Å². The summed E-state index contributed by atoms with van der Waals surface area (Å²) in [6.45, 7) is 0.718. The lowest BCUT2D eigenvalue weighted by molar-refractivity contribution is 0.367. The number of rotatable bonds is 5. The molecule has 9 nitrogen and oxygen atoms in total. The van der Waals surface area contributed by atoms with E-state index in [0.717, 1.165) is 4.57 Å². The van der Waals surface area contributed by atoms with E-state index >= 15 is 0 Å². The van der Waals surface area contributed by atoms with Crippen LogP contribution in [-0.2, 0) is 13.1 Å². The molecular weight excluding hydrogens is 443 g/mol. The van der Waals surface area contributed by atoms with Gasteiger partial charge in [0, 0.05) is 25.5 Å². The van der Waals surface area contributed by atoms with Gasteiger partial charge < -0.3 is 15.0 Å². The highest BCUT2D eigenvalue weighted by Gasteiger charge is 2.36. The maximum Gasteiger partial charge on any atom is 0.331 e. The van der Waals surface area contributed by atoms with Crippen LogP contribution in [0.4, 0.5) is 0 Å². The van der Waals surface area contributed by atoms with Crippen LogP contribution in [-0.4, -0.2) is 19.1 Å². The molecule has 4 rings (SSSR count). The van der Waals surface area contributed by atoms with E-state index < -0.39 is 17.2 Å². The average molecular weight is 459 g/mol. The summed E-state index contributed by atoms with van der Waals surface area (Å²) in [5.74, 6) is -1.27. The number of benzene rings is 1. The van der Waals surface area contributed by atoms with Crippen molar-refractivity contribution in [2.45, 2.75) is 25.4 Å². The molecular formula is C20H16Cl2N6O3. The van der Waals surface area contributed by atoms with Crippen molar-refractivity contribution in [1.29, 1.82) is 5.26 Å². The van der Waals surface area contributed by atoms with E-state index in [1.54, 1.807) is 36.9 Å². The minimum absolute atomic E-state index is 0.00535. The standard InChI is InChI=1S/C20H16Cl2N6O3/c21-13-4-1-3-11(16(13)22)14-12(9-23)17(24)31-18-15(14)19(29)28(20(30)26-18)7-2-6-27-8-5-25-10-27/h1,3-5,8,10,14H,2,6-7,24H2,(H,26,30)/t14-/m1/s1. The molecule has 0 amide bonds. The Morgan fingerprint density at radius 2 is 2.10 bits per heavy atom. The number of allylic oxidation sites excluding steroid dienone is 1. The highest BCUT2D eigenvalue weighted by molar-refractivity contribution is 6.42. The van der Waals surface area contributed by atoms with Crippen molar-refractivity contribution < 1.29 is 4.74 Å². The summed E-state index contributed by atoms with van der Waals surface area (Å²) in [5, 5.41) is 10.1. The molecule has 0 bridgehead atoms. The minimum atomic E-state index is -0.941. The van der Waals surface area contributed by atoms with Gasteiger partial charge in [0.25, 0.3) is 5.56 Å². The first-order valence-electron chi connectivity index (χ1n) is 9.26. The Bertz CT molecular complexity index is 1330. The predicted octanol–water partition coefficient (Wildman–Crippen LogP) is 2.35. The van der Waals surface area contributed by atoms with E-state index in [4.69, 9.17) is 33.7 Å². The van der Waals surface area contributed by atoms with Crippen LogP contribution >= 0.6 is 23.2 Å². The molecule has 0 aliphatic carbocycles. The molecule has 31 heavy (non-hydrogen) atoms. The van der Waals surface area contributed by atoms with Gasteiger partial charge in [0.1, 0.15) is 11.6 Å². The second-order valence-electron chi connectivity index (χ2n) is 6.85. The summed E-state index contributed by atoms with van der Waals surface area (Å²) in [4.78, 5) is 32.5. The number of aryl methyl sites for hydroxylation is 1. The van der Waals surface area contributed by atoms with Crippen molar-refractivity contribution in [3.63, 3.8) is 0 Å². The highest BCUT2D eigenvalue weighted by atomic mass is 35.5. The zero-order valence-electron chi connectivity index (χ0n) is 16.0. The summed E-state index contributed by atoms with van der Waals surface area (Å²) in [6, 6.07) is 6.88. The first-order valence-corrected chi connectivity index (χ1v) is 10.0. The number of halogens is 2. The summed E-state index contributed by atoms with van der Waals surface area (Å²) in [6.07, 6.45) is 5.59. The largest absolute Gasteiger partial charge is 0.424 e. The van der Waals surface area contributed by atoms with Crippen LogP contribution in [0.15, 0.2) is 58.0 Å². The highest BCUT2D eigenvalue weighted by Crippen LogP contribution is 2.42. The van der Waals surface area contributed by atoms with Crippen LogP contribution in [0.2, 0.25) is 10.0 Å². The lowest BCUT2D eigenvalue weighted by Crippen LogP contribution is -2.41. The monoisotopic (exact) mass is 458 g/mol. The van der Waals surface area contributed by atoms with E-state index in [9.17, 15) is 14.9 Å². The van der Waals surface area contributed by atoms with Gasteiger partial charge in [0.05, 0.1) is 27.9 Å². The Balaban J connectivity index is 1.83. The van der Waals surface area contributed by atoms with Gasteiger partial charge in [-0.05, 0) is 18.1 Å². The molecule has 2 aromatic heterocycles. The molecule has 0 spiro atoms. The smallest absolute Gasteiger partial charge is 0.331 e. The van der Waals surface area contributed by atoms with Crippen molar-refractivity contribution in [1.82, 2.24) is 19.1 Å². The number of nitrogens with one attached hydrogen (secondary N) is 1. The number of hydrogen-bond acceptors (Lipinski definition) is 6. The van der Waals surface area contributed by atoms with Crippen LogP contribution in [0.5, 0.6) is 5.88 Å². The van der Waals surface area contributed by atoms with Gasteiger partial charge in [-0.15, -0.1) is 0 Å². The quantitative estimate of drug-likeness (QED) is 0.602. The molecule has 0 unspecified atom stereocenters. The van der Waals surface area contributed by atoms with Crippen molar-refractivity contribution in [2.24, 2.45) is 5.73 Å². The SMILES string of the molecule is N#CC1=C(N)Oc2[nH]c(=O)n(CCCn3ccnc3)c(=O)c2[C@@H]1c1cccc(Cl)c1Cl. The Hall–Kier alpha value is -3.48. The Kier molecular flexibility index (Phi) is 5.59. The van der Waals surface area contributed by atoms with Crippen molar-refractivity contribution >= 4 is 23.2 Å². The first kappa shape index (κ1) is 20.8. The number of aromatic nitrogens is 4. The van der Waals surface area contributed by atoms with Crippen LogP contribution in [0, 0.1) is 11.3 Å². The summed E-state index contributed by atoms with van der Waals surface area (Å²) in [5.41, 5.74) is 5.16. The third-order valence-electron chi connectivity index (χ3n) is 5.01. The molecule has 0 saturated carbocycles. The molecule has 0 radical (unpaired) electrons. The van der Waals surface area contributed by atoms with Gasteiger partial charge in [-0.1, -0.05) is 35.3 Å². The molecule has 0 fully saturated rings. The number of H-pyrrole nitrogens is 1. The zero-order valence-corrected chi connectivity index (χ0v) is 17.5. The molecule has 3 heterocycles. The Labute approximate surface area is 185 Å². The topological polar surface area (TPSA) is 132 Å². The summed E-state index contributed by atoms with van der Waals surface area (Å²) in [7, 11) is 0. The second kappa shape index (κ2) is 8.34. The van der Waals surface area contributed by atoms with E-state index in [-0.39, 0.29) is 39.5 Å². The number of nitrogens with two attached hydrogens (primary N) is 1. The lowest BCUT2D eigenvalue weighted by atomic mass is 9.85. The van der Waals surface area contributed by atoms with Gasteiger partial charge >= 0.3 is 5.69 Å². The molecule has 1 aromatic carbocycles. The average Bonchev–Trinajstić information content (AvgIpc) is 3.25. The molecule has 1 aliphatic rings. The molecule has 1 atom stereocenters. The Morgan fingerprint density at radius 3 is 2.81 bits per heavy atom. The van der Waals surface area contributed by atoms with Crippen molar-refractivity contribution in [2.75, 3.05) is 0 Å². The number of imidazole rings is 1. The fourth-order valence-corrected chi connectivity index (χ4v) is 3.98. The first-order chi connectivity index (χ1) is 14.9. The van der Waals surface area contributed by atoms with Crippen molar-refractivity contribution in [3.05, 3.63) is 90.4 Å². The van der Waals surface area contributed by atoms with Crippen LogP contribution in [0.25, 0.3) is 0 Å². The van der Waals surface area contributed by atoms with Crippen molar-refractivity contribution in [3.8, 4) is 11.9 Å². The molecule has 3 aromatic rings. The van der Waals surface area contributed by atoms with Gasteiger partial charge in [0.15, 0.2) is 0 Å². The maximum atomic E-state index is 13.4. The number of ether oxygens (including phenoxy) is 1. The van der Waals surface area contributed by atoms with Gasteiger partial charge in [0.2, 0.25) is 11.8 Å². The number of fused-ring (bicyclic) bond motifs is 1. The Morgan fingerprint density at radius 1 is 1.29 bits per heavy atom. The fourth-order valence-electron chi connectivity index (χ4n) is 3.56.